The second-order valence-corrected chi connectivity index (χ2v) is 9.67. The Morgan fingerprint density at radius 3 is 2.59 bits per heavy atom. The van der Waals surface area contributed by atoms with E-state index in [1.807, 2.05) is 36.5 Å². The number of halogens is 2. The first-order valence-corrected chi connectivity index (χ1v) is 12.6. The summed E-state index contributed by atoms with van der Waals surface area (Å²) in [5.41, 5.74) is 4.54. The SMILES string of the molecule is Cc1noc(-c2ccc3nc(Nc4cc(CN5CCN(c6c(Cl)cncc6Cl)CC5)ccn4)[nH]c3c2)n1. The maximum absolute atomic E-state index is 6.34. The van der Waals surface area contributed by atoms with Gasteiger partial charge in [0.25, 0.3) is 5.89 Å². The van der Waals surface area contributed by atoms with Crippen LogP contribution >= 0.6 is 23.2 Å². The van der Waals surface area contributed by atoms with Crippen molar-refractivity contribution in [2.45, 2.75) is 13.5 Å². The quantitative estimate of drug-likeness (QED) is 0.307. The number of hydrogen-bond donors (Lipinski definition) is 2. The predicted molar refractivity (Wildman–Crippen MR) is 143 cm³/mol. The summed E-state index contributed by atoms with van der Waals surface area (Å²) in [6, 6.07) is 9.85. The predicted octanol–water partition coefficient (Wildman–Crippen LogP) is 5.08. The van der Waals surface area contributed by atoms with Gasteiger partial charge in [-0.3, -0.25) is 9.88 Å². The molecule has 5 aromatic rings. The van der Waals surface area contributed by atoms with Crippen molar-refractivity contribution >= 4 is 51.7 Å². The van der Waals surface area contributed by atoms with E-state index >= 15 is 0 Å². The standard InChI is InChI=1S/C25H23Cl2N9O/c1-15-30-24(37-34-15)17-2-3-20-21(11-17)32-25(31-20)33-22-10-16(4-5-29-22)14-35-6-8-36(9-7-35)23-18(26)12-28-13-19(23)27/h2-5,10-13H,6-9,14H2,1H3,(H2,29,31,32,33). The average molecular weight is 536 g/mol. The maximum Gasteiger partial charge on any atom is 0.257 e. The van der Waals surface area contributed by atoms with Gasteiger partial charge < -0.3 is 19.7 Å². The first kappa shape index (κ1) is 23.7. The van der Waals surface area contributed by atoms with Crippen LogP contribution in [-0.2, 0) is 6.54 Å². The zero-order chi connectivity index (χ0) is 25.4. The van der Waals surface area contributed by atoms with Gasteiger partial charge in [0.15, 0.2) is 5.82 Å². The highest BCUT2D eigenvalue weighted by Gasteiger charge is 2.21. The Labute approximate surface area is 222 Å². The topological polar surface area (TPSA) is 112 Å². The van der Waals surface area contributed by atoms with Gasteiger partial charge in [-0.15, -0.1) is 0 Å². The summed E-state index contributed by atoms with van der Waals surface area (Å²) in [6.45, 7) is 6.07. The lowest BCUT2D eigenvalue weighted by atomic mass is 10.2. The average Bonchev–Trinajstić information content (AvgIpc) is 3.50. The molecular formula is C25H23Cl2N9O. The molecule has 1 saturated heterocycles. The zero-order valence-electron chi connectivity index (χ0n) is 19.9. The number of aromatic amines is 1. The Morgan fingerprint density at radius 1 is 1.03 bits per heavy atom. The number of anilines is 3. The summed E-state index contributed by atoms with van der Waals surface area (Å²) in [6.07, 6.45) is 5.08. The van der Waals surface area contributed by atoms with Gasteiger partial charge >= 0.3 is 0 Å². The molecule has 0 saturated carbocycles. The lowest BCUT2D eigenvalue weighted by Crippen LogP contribution is -2.46. The van der Waals surface area contributed by atoms with Gasteiger partial charge in [0.1, 0.15) is 5.82 Å². The lowest BCUT2D eigenvalue weighted by molar-refractivity contribution is 0.250. The molecule has 0 atom stereocenters. The van der Waals surface area contributed by atoms with E-state index in [4.69, 9.17) is 27.7 Å². The Hall–Kier alpha value is -3.73. The van der Waals surface area contributed by atoms with Gasteiger partial charge in [-0.2, -0.15) is 4.98 Å². The van der Waals surface area contributed by atoms with Crippen LogP contribution in [0.15, 0.2) is 53.4 Å². The Kier molecular flexibility index (Phi) is 6.37. The normalized spacial score (nSPS) is 14.4. The number of nitrogens with zero attached hydrogens (tertiary/aromatic N) is 7. The second kappa shape index (κ2) is 9.97. The van der Waals surface area contributed by atoms with Crippen molar-refractivity contribution in [2.24, 2.45) is 0 Å². The summed E-state index contributed by atoms with van der Waals surface area (Å²) in [5.74, 6) is 2.40. The third-order valence-electron chi connectivity index (χ3n) is 6.25. The van der Waals surface area contributed by atoms with Crippen LogP contribution in [0.4, 0.5) is 17.5 Å². The fourth-order valence-electron chi connectivity index (χ4n) is 4.47. The molecule has 6 rings (SSSR count). The molecule has 2 N–H and O–H groups in total. The van der Waals surface area contributed by atoms with Gasteiger partial charge in [0, 0.05) is 56.9 Å². The van der Waals surface area contributed by atoms with Crippen molar-refractivity contribution in [1.82, 2.24) is 35.0 Å². The van der Waals surface area contributed by atoms with Crippen LogP contribution in [0.1, 0.15) is 11.4 Å². The minimum Gasteiger partial charge on any atom is -0.366 e. The van der Waals surface area contributed by atoms with Crippen LogP contribution in [-0.4, -0.2) is 61.2 Å². The molecule has 1 aliphatic rings. The van der Waals surface area contributed by atoms with E-state index in [1.54, 1.807) is 19.3 Å². The highest BCUT2D eigenvalue weighted by molar-refractivity contribution is 6.38. The third kappa shape index (κ3) is 5.08. The molecule has 5 heterocycles. The summed E-state index contributed by atoms with van der Waals surface area (Å²) in [5, 5.41) is 8.30. The van der Waals surface area contributed by atoms with Crippen LogP contribution in [0.2, 0.25) is 10.0 Å². The first-order chi connectivity index (χ1) is 18.0. The molecule has 0 amide bonds. The monoisotopic (exact) mass is 535 g/mol. The highest BCUT2D eigenvalue weighted by atomic mass is 35.5. The van der Waals surface area contributed by atoms with E-state index in [-0.39, 0.29) is 0 Å². The summed E-state index contributed by atoms with van der Waals surface area (Å²) >= 11 is 12.7. The highest BCUT2D eigenvalue weighted by Crippen LogP contribution is 2.33. The molecule has 37 heavy (non-hydrogen) atoms. The maximum atomic E-state index is 6.34. The first-order valence-electron chi connectivity index (χ1n) is 11.8. The molecule has 0 radical (unpaired) electrons. The van der Waals surface area contributed by atoms with Gasteiger partial charge in [0.2, 0.25) is 5.95 Å². The van der Waals surface area contributed by atoms with E-state index in [0.717, 1.165) is 66.4 Å². The fourth-order valence-corrected chi connectivity index (χ4v) is 5.08. The Morgan fingerprint density at radius 2 is 1.84 bits per heavy atom. The minimum absolute atomic E-state index is 0.477. The van der Waals surface area contributed by atoms with Crippen LogP contribution in [0.25, 0.3) is 22.5 Å². The molecular weight excluding hydrogens is 513 g/mol. The molecule has 0 unspecified atom stereocenters. The number of H-pyrrole nitrogens is 1. The minimum atomic E-state index is 0.477. The number of aryl methyl sites for hydroxylation is 1. The fraction of sp³-hybridized carbons (Fsp3) is 0.240. The summed E-state index contributed by atoms with van der Waals surface area (Å²) < 4.78 is 5.27. The van der Waals surface area contributed by atoms with Crippen molar-refractivity contribution in [3.8, 4) is 11.5 Å². The van der Waals surface area contributed by atoms with Crippen molar-refractivity contribution in [2.75, 3.05) is 36.4 Å². The smallest absolute Gasteiger partial charge is 0.257 e. The van der Waals surface area contributed by atoms with Crippen LogP contribution in [0.5, 0.6) is 0 Å². The van der Waals surface area contributed by atoms with E-state index in [9.17, 15) is 0 Å². The number of benzene rings is 1. The molecule has 12 heteroatoms. The zero-order valence-corrected chi connectivity index (χ0v) is 21.5. The molecule has 0 bridgehead atoms. The molecule has 10 nitrogen and oxygen atoms in total. The van der Waals surface area contributed by atoms with Gasteiger partial charge in [-0.05, 0) is 42.8 Å². The molecule has 188 valence electrons. The van der Waals surface area contributed by atoms with E-state index in [2.05, 4.69) is 45.2 Å². The number of rotatable bonds is 6. The summed E-state index contributed by atoms with van der Waals surface area (Å²) in [7, 11) is 0. The Bertz CT molecular complexity index is 1540. The number of nitrogens with one attached hydrogen (secondary N) is 2. The largest absolute Gasteiger partial charge is 0.366 e. The van der Waals surface area contributed by atoms with Gasteiger partial charge in [0.05, 0.1) is 26.8 Å². The van der Waals surface area contributed by atoms with Crippen molar-refractivity contribution in [3.63, 3.8) is 0 Å². The van der Waals surface area contributed by atoms with E-state index in [0.29, 0.717) is 27.7 Å². The van der Waals surface area contributed by atoms with Crippen molar-refractivity contribution < 1.29 is 4.52 Å². The number of hydrogen-bond acceptors (Lipinski definition) is 9. The van der Waals surface area contributed by atoms with E-state index in [1.165, 1.54) is 0 Å². The van der Waals surface area contributed by atoms with Gasteiger partial charge in [-0.1, -0.05) is 28.4 Å². The molecule has 1 aromatic carbocycles. The molecule has 4 aromatic heterocycles. The number of imidazole rings is 1. The van der Waals surface area contributed by atoms with Crippen molar-refractivity contribution in [3.05, 3.63) is 70.4 Å². The summed E-state index contributed by atoms with van der Waals surface area (Å²) in [4.78, 5) is 25.4. The Balaban J connectivity index is 1.11. The molecule has 0 aliphatic carbocycles. The number of piperazine rings is 1. The number of fused-ring (bicyclic) bond motifs is 1. The van der Waals surface area contributed by atoms with Crippen LogP contribution in [0.3, 0.4) is 0 Å². The van der Waals surface area contributed by atoms with Gasteiger partial charge in [-0.25, -0.2) is 9.97 Å². The second-order valence-electron chi connectivity index (χ2n) is 8.85. The van der Waals surface area contributed by atoms with Crippen LogP contribution in [0, 0.1) is 6.92 Å². The lowest BCUT2D eigenvalue weighted by Gasteiger charge is -2.36. The molecule has 0 spiro atoms. The number of pyridine rings is 2. The van der Waals surface area contributed by atoms with E-state index < -0.39 is 0 Å². The molecule has 1 aliphatic heterocycles. The third-order valence-corrected chi connectivity index (χ3v) is 6.80. The number of aromatic nitrogens is 6. The molecule has 1 fully saturated rings. The van der Waals surface area contributed by atoms with Crippen LogP contribution < -0.4 is 10.2 Å². The van der Waals surface area contributed by atoms with Crippen molar-refractivity contribution in [1.29, 1.82) is 0 Å².